The van der Waals surface area contributed by atoms with Crippen molar-refractivity contribution in [1.82, 2.24) is 15.2 Å². The summed E-state index contributed by atoms with van der Waals surface area (Å²) in [7, 11) is 0. The Morgan fingerprint density at radius 2 is 1.88 bits per heavy atom. The minimum absolute atomic E-state index is 0.0813. The Labute approximate surface area is 194 Å². The Kier molecular flexibility index (Phi) is 8.02. The predicted molar refractivity (Wildman–Crippen MR) is 127 cm³/mol. The summed E-state index contributed by atoms with van der Waals surface area (Å²) in [5, 5.41) is 14.0. The van der Waals surface area contributed by atoms with E-state index in [9.17, 15) is 14.4 Å². The van der Waals surface area contributed by atoms with Gasteiger partial charge in [0.05, 0.1) is 10.9 Å². The van der Waals surface area contributed by atoms with Crippen LogP contribution in [0.2, 0.25) is 5.02 Å². The second-order valence-electron chi connectivity index (χ2n) is 6.77. The molecule has 0 spiro atoms. The number of anilines is 2. The van der Waals surface area contributed by atoms with Gasteiger partial charge in [0.1, 0.15) is 0 Å². The number of thioether (sulfide) groups is 1. The van der Waals surface area contributed by atoms with Gasteiger partial charge >= 0.3 is 0 Å². The molecule has 0 bridgehead atoms. The first-order valence-corrected chi connectivity index (χ1v) is 11.3. The molecule has 0 saturated heterocycles. The highest BCUT2D eigenvalue weighted by molar-refractivity contribution is 8.00. The summed E-state index contributed by atoms with van der Waals surface area (Å²) in [6, 6.07) is 13.7. The molecule has 1 atom stereocenters. The maximum Gasteiger partial charge on any atom is 0.278 e. The second-order valence-corrected chi connectivity index (χ2v) is 8.40. The Hall–Kier alpha value is -3.17. The zero-order valence-corrected chi connectivity index (χ0v) is 19.1. The summed E-state index contributed by atoms with van der Waals surface area (Å²) in [5.74, 6) is -0.412. The van der Waals surface area contributed by atoms with E-state index in [4.69, 9.17) is 11.6 Å². The van der Waals surface area contributed by atoms with Crippen LogP contribution in [0.5, 0.6) is 0 Å². The lowest BCUT2D eigenvalue weighted by molar-refractivity contribution is -0.116. The van der Waals surface area contributed by atoms with Crippen molar-refractivity contribution in [3.8, 4) is 11.3 Å². The molecule has 2 aromatic carbocycles. The molecule has 2 amide bonds. The minimum Gasteiger partial charge on any atom is -0.325 e. The molecule has 3 N–H and O–H groups in total. The van der Waals surface area contributed by atoms with E-state index in [1.807, 2.05) is 6.92 Å². The number of halogens is 1. The van der Waals surface area contributed by atoms with Crippen molar-refractivity contribution in [2.45, 2.75) is 37.1 Å². The molecule has 32 heavy (non-hydrogen) atoms. The van der Waals surface area contributed by atoms with E-state index in [-0.39, 0.29) is 22.7 Å². The number of hydrogen-bond acceptors (Lipinski definition) is 6. The number of H-pyrrole nitrogens is 1. The number of carbonyl (C=O) groups is 2. The molecular weight excluding hydrogens is 450 g/mol. The third-order valence-corrected chi connectivity index (χ3v) is 5.94. The molecule has 0 aliphatic carbocycles. The van der Waals surface area contributed by atoms with Gasteiger partial charge in [0.15, 0.2) is 10.9 Å². The van der Waals surface area contributed by atoms with Crippen LogP contribution in [-0.4, -0.2) is 32.2 Å². The summed E-state index contributed by atoms with van der Waals surface area (Å²) in [6.07, 6.45) is 0.815. The number of carbonyl (C=O) groups excluding carboxylic acids is 2. The molecule has 0 aliphatic rings. The molecule has 10 heteroatoms. The number of aromatic amines is 1. The molecular formula is C22H22ClN5O3S. The average molecular weight is 472 g/mol. The lowest BCUT2D eigenvalue weighted by Crippen LogP contribution is -2.25. The first kappa shape index (κ1) is 23.5. The number of benzene rings is 2. The third kappa shape index (κ3) is 5.95. The lowest BCUT2D eigenvalue weighted by Gasteiger charge is -2.14. The fourth-order valence-electron chi connectivity index (χ4n) is 2.83. The Bertz CT molecular complexity index is 1180. The normalized spacial score (nSPS) is 11.6. The number of aromatic nitrogens is 3. The maximum atomic E-state index is 12.7. The highest BCUT2D eigenvalue weighted by Gasteiger charge is 2.21. The van der Waals surface area contributed by atoms with E-state index in [0.717, 1.165) is 11.8 Å². The number of rotatable bonds is 8. The lowest BCUT2D eigenvalue weighted by atomic mass is 10.1. The summed E-state index contributed by atoms with van der Waals surface area (Å²) in [5.41, 5.74) is 1.14. The summed E-state index contributed by atoms with van der Waals surface area (Å²) < 4.78 is 0. The van der Waals surface area contributed by atoms with E-state index >= 15 is 0 Å². The molecule has 166 valence electrons. The van der Waals surface area contributed by atoms with Crippen LogP contribution in [0, 0.1) is 0 Å². The van der Waals surface area contributed by atoms with Crippen LogP contribution in [0.25, 0.3) is 11.3 Å². The zero-order valence-electron chi connectivity index (χ0n) is 17.5. The molecule has 8 nitrogen and oxygen atoms in total. The number of nitrogens with one attached hydrogen (secondary N) is 3. The van der Waals surface area contributed by atoms with Crippen molar-refractivity contribution < 1.29 is 9.59 Å². The summed E-state index contributed by atoms with van der Waals surface area (Å²) in [4.78, 5) is 39.8. The first-order chi connectivity index (χ1) is 15.4. The number of para-hydroxylation sites is 1. The largest absolute Gasteiger partial charge is 0.325 e. The fraction of sp³-hybridized carbons (Fsp3) is 0.227. The van der Waals surface area contributed by atoms with Crippen LogP contribution in [0.1, 0.15) is 26.7 Å². The van der Waals surface area contributed by atoms with Gasteiger partial charge in [-0.1, -0.05) is 61.5 Å². The van der Waals surface area contributed by atoms with Crippen molar-refractivity contribution in [1.29, 1.82) is 0 Å². The van der Waals surface area contributed by atoms with E-state index < -0.39 is 10.8 Å². The maximum absolute atomic E-state index is 12.7. The Morgan fingerprint density at radius 3 is 2.56 bits per heavy atom. The second kappa shape index (κ2) is 10.9. The third-order valence-electron chi connectivity index (χ3n) is 4.46. The summed E-state index contributed by atoms with van der Waals surface area (Å²) in [6.45, 7) is 3.60. The highest BCUT2D eigenvalue weighted by atomic mass is 35.5. The van der Waals surface area contributed by atoms with Gasteiger partial charge in [0.2, 0.25) is 11.8 Å². The van der Waals surface area contributed by atoms with E-state index in [1.54, 1.807) is 55.5 Å². The van der Waals surface area contributed by atoms with Gasteiger partial charge < -0.3 is 10.6 Å². The van der Waals surface area contributed by atoms with Gasteiger partial charge in [0, 0.05) is 22.7 Å². The van der Waals surface area contributed by atoms with Crippen LogP contribution in [0.3, 0.4) is 0 Å². The van der Waals surface area contributed by atoms with Gasteiger partial charge in [-0.15, -0.1) is 10.2 Å². The van der Waals surface area contributed by atoms with E-state index in [2.05, 4.69) is 25.8 Å². The summed E-state index contributed by atoms with van der Waals surface area (Å²) >= 11 is 7.08. The standard InChI is InChI=1S/C22H22ClN5O3S/c1-3-17(20(30)24-14-9-7-8-13(23)12-14)32-22-26-21(31)19(27-28-22)15-10-5-6-11-16(15)25-18(29)4-2/h5-12,17H,3-4H2,1-2H3,(H,24,30)(H,25,29)(H,26,28,31)/t17-/m0/s1. The van der Waals surface area contributed by atoms with Crippen LogP contribution in [-0.2, 0) is 9.59 Å². The number of amides is 2. The smallest absolute Gasteiger partial charge is 0.278 e. The van der Waals surface area contributed by atoms with Crippen molar-refractivity contribution in [3.63, 3.8) is 0 Å². The van der Waals surface area contributed by atoms with Crippen molar-refractivity contribution in [2.24, 2.45) is 0 Å². The topological polar surface area (TPSA) is 117 Å². The highest BCUT2D eigenvalue weighted by Crippen LogP contribution is 2.26. The quantitative estimate of drug-likeness (QED) is 0.420. The first-order valence-electron chi connectivity index (χ1n) is 10.0. The molecule has 0 aliphatic heterocycles. The molecule has 0 unspecified atom stereocenters. The molecule has 0 saturated carbocycles. The Morgan fingerprint density at radius 1 is 1.09 bits per heavy atom. The zero-order chi connectivity index (χ0) is 23.1. The van der Waals surface area contributed by atoms with Crippen LogP contribution >= 0.6 is 23.4 Å². The van der Waals surface area contributed by atoms with Gasteiger partial charge in [0.25, 0.3) is 5.56 Å². The SMILES string of the molecule is CCC(=O)Nc1ccccc1-c1nnc(S[C@@H](CC)C(=O)Nc2cccc(Cl)c2)[nH]c1=O. The molecule has 1 heterocycles. The molecule has 3 aromatic rings. The van der Waals surface area contributed by atoms with Crippen molar-refractivity contribution in [3.05, 3.63) is 63.9 Å². The predicted octanol–water partition coefficient (Wildman–Crippen LogP) is 4.34. The van der Waals surface area contributed by atoms with Gasteiger partial charge in [-0.05, 0) is 30.7 Å². The average Bonchev–Trinajstić information content (AvgIpc) is 2.78. The van der Waals surface area contributed by atoms with Gasteiger partial charge in [-0.25, -0.2) is 0 Å². The van der Waals surface area contributed by atoms with Gasteiger partial charge in [-0.2, -0.15) is 0 Å². The van der Waals surface area contributed by atoms with Crippen LogP contribution in [0.15, 0.2) is 58.5 Å². The number of nitrogens with zero attached hydrogens (tertiary/aromatic N) is 2. The minimum atomic E-state index is -0.499. The van der Waals surface area contributed by atoms with Crippen molar-refractivity contribution in [2.75, 3.05) is 10.6 Å². The van der Waals surface area contributed by atoms with E-state index in [1.165, 1.54) is 0 Å². The molecule has 0 fully saturated rings. The number of hydrogen-bond donors (Lipinski definition) is 3. The van der Waals surface area contributed by atoms with Gasteiger partial charge in [-0.3, -0.25) is 19.4 Å². The molecule has 1 aromatic heterocycles. The van der Waals surface area contributed by atoms with Crippen LogP contribution < -0.4 is 16.2 Å². The molecule has 3 rings (SSSR count). The van der Waals surface area contributed by atoms with Crippen molar-refractivity contribution >= 4 is 46.6 Å². The Balaban J connectivity index is 1.78. The monoisotopic (exact) mass is 471 g/mol. The van der Waals surface area contributed by atoms with E-state index in [0.29, 0.717) is 34.8 Å². The fourth-order valence-corrected chi connectivity index (χ4v) is 3.87. The molecule has 0 radical (unpaired) electrons. The van der Waals surface area contributed by atoms with Crippen LogP contribution in [0.4, 0.5) is 11.4 Å².